The van der Waals surface area contributed by atoms with Gasteiger partial charge in [-0.15, -0.1) is 11.3 Å². The number of methoxy groups -OCH3 is 1. The van der Waals surface area contributed by atoms with E-state index in [2.05, 4.69) is 20.0 Å². The van der Waals surface area contributed by atoms with Gasteiger partial charge in [-0.2, -0.15) is 0 Å². The predicted octanol–water partition coefficient (Wildman–Crippen LogP) is 1.94. The normalized spacial score (nSPS) is 9.94. The van der Waals surface area contributed by atoms with Gasteiger partial charge in [0.15, 0.2) is 0 Å². The molecule has 0 aliphatic rings. The Morgan fingerprint density at radius 2 is 2.41 bits per heavy atom. The molecule has 0 atom stereocenters. The number of carbonyl (C=O) groups is 1. The van der Waals surface area contributed by atoms with Crippen molar-refractivity contribution in [1.29, 1.82) is 0 Å². The molecule has 2 rings (SSSR count). The summed E-state index contributed by atoms with van der Waals surface area (Å²) >= 11 is 1.55. The zero-order valence-electron chi connectivity index (χ0n) is 9.21. The number of hydrogen-bond acceptors (Lipinski definition) is 6. The molecule has 0 unspecified atom stereocenters. The summed E-state index contributed by atoms with van der Waals surface area (Å²) in [5.74, 6) is -0.442. The molecule has 2 aromatic heterocycles. The number of carbonyl (C=O) groups excluding carboxylic acids is 1. The van der Waals surface area contributed by atoms with E-state index in [1.54, 1.807) is 35.2 Å². The van der Waals surface area contributed by atoms with Crippen molar-refractivity contribution in [1.82, 2.24) is 9.97 Å². The van der Waals surface area contributed by atoms with Crippen LogP contribution < -0.4 is 5.32 Å². The van der Waals surface area contributed by atoms with E-state index < -0.39 is 5.97 Å². The number of pyridine rings is 1. The topological polar surface area (TPSA) is 64.1 Å². The zero-order valence-corrected chi connectivity index (χ0v) is 10.0. The second kappa shape index (κ2) is 5.40. The maximum absolute atomic E-state index is 11.3. The number of hydrogen-bond donors (Lipinski definition) is 1. The molecule has 0 aliphatic heterocycles. The van der Waals surface area contributed by atoms with Crippen LogP contribution >= 0.6 is 11.3 Å². The van der Waals surface area contributed by atoms with Crippen LogP contribution in [0.4, 0.5) is 5.69 Å². The average Bonchev–Trinajstić information content (AvgIpc) is 2.89. The average molecular weight is 249 g/mol. The molecule has 6 heteroatoms. The van der Waals surface area contributed by atoms with Crippen LogP contribution in [0.3, 0.4) is 0 Å². The van der Waals surface area contributed by atoms with Crippen LogP contribution in [-0.4, -0.2) is 23.0 Å². The number of thiazole rings is 1. The van der Waals surface area contributed by atoms with E-state index >= 15 is 0 Å². The van der Waals surface area contributed by atoms with Crippen molar-refractivity contribution >= 4 is 23.0 Å². The highest BCUT2D eigenvalue weighted by molar-refractivity contribution is 7.07. The zero-order chi connectivity index (χ0) is 12.1. The summed E-state index contributed by atoms with van der Waals surface area (Å²) in [6.45, 7) is 0.619. The first kappa shape index (κ1) is 11.5. The highest BCUT2D eigenvalue weighted by Crippen LogP contribution is 2.11. The molecule has 0 aliphatic carbocycles. The third-order valence-electron chi connectivity index (χ3n) is 2.11. The summed E-state index contributed by atoms with van der Waals surface area (Å²) in [6.07, 6.45) is 1.57. The predicted molar refractivity (Wildman–Crippen MR) is 65.0 cm³/mol. The molecule has 0 fully saturated rings. The number of nitrogens with one attached hydrogen (secondary N) is 1. The van der Waals surface area contributed by atoms with Gasteiger partial charge in [0.05, 0.1) is 24.9 Å². The SMILES string of the molecule is COC(=O)c1cc(NCc2cscn2)ccn1. The van der Waals surface area contributed by atoms with Crippen molar-refractivity contribution in [3.05, 3.63) is 40.6 Å². The summed E-state index contributed by atoms with van der Waals surface area (Å²) in [6, 6.07) is 3.44. The van der Waals surface area contributed by atoms with Crippen LogP contribution in [0, 0.1) is 0 Å². The fourth-order valence-corrected chi connectivity index (χ4v) is 1.83. The minimum Gasteiger partial charge on any atom is -0.464 e. The maximum Gasteiger partial charge on any atom is 0.356 e. The van der Waals surface area contributed by atoms with Gasteiger partial charge in [-0.3, -0.25) is 0 Å². The van der Waals surface area contributed by atoms with Crippen molar-refractivity contribution in [3.8, 4) is 0 Å². The number of rotatable bonds is 4. The number of nitrogens with zero attached hydrogens (tertiary/aromatic N) is 2. The van der Waals surface area contributed by atoms with Gasteiger partial charge >= 0.3 is 5.97 Å². The second-order valence-corrected chi connectivity index (χ2v) is 3.97. The summed E-state index contributed by atoms with van der Waals surface area (Å²) in [7, 11) is 1.33. The Hall–Kier alpha value is -1.95. The van der Waals surface area contributed by atoms with Gasteiger partial charge in [-0.05, 0) is 12.1 Å². The molecule has 0 amide bonds. The first-order valence-corrected chi connectivity index (χ1v) is 5.89. The number of esters is 1. The molecule has 2 heterocycles. The van der Waals surface area contributed by atoms with Gasteiger partial charge in [0, 0.05) is 17.3 Å². The van der Waals surface area contributed by atoms with Crippen LogP contribution in [-0.2, 0) is 11.3 Å². The van der Waals surface area contributed by atoms with Crippen LogP contribution in [0.1, 0.15) is 16.2 Å². The first-order valence-electron chi connectivity index (χ1n) is 4.95. The minimum atomic E-state index is -0.442. The Morgan fingerprint density at radius 3 is 3.12 bits per heavy atom. The molecule has 88 valence electrons. The van der Waals surface area contributed by atoms with Crippen molar-refractivity contribution in [2.75, 3.05) is 12.4 Å². The lowest BCUT2D eigenvalue weighted by Crippen LogP contribution is -2.06. The van der Waals surface area contributed by atoms with Gasteiger partial charge in [0.25, 0.3) is 0 Å². The van der Waals surface area contributed by atoms with E-state index in [-0.39, 0.29) is 5.69 Å². The highest BCUT2D eigenvalue weighted by Gasteiger charge is 2.07. The molecular formula is C11H11N3O2S. The molecule has 1 N–H and O–H groups in total. The quantitative estimate of drug-likeness (QED) is 0.839. The Bertz CT molecular complexity index is 499. The largest absolute Gasteiger partial charge is 0.464 e. The molecular weight excluding hydrogens is 238 g/mol. The molecule has 5 nitrogen and oxygen atoms in total. The molecule has 2 aromatic rings. The first-order chi connectivity index (χ1) is 8.29. The molecule has 0 aromatic carbocycles. The third-order valence-corrected chi connectivity index (χ3v) is 2.75. The summed E-state index contributed by atoms with van der Waals surface area (Å²) in [4.78, 5) is 19.4. The van der Waals surface area contributed by atoms with Crippen LogP contribution in [0.25, 0.3) is 0 Å². The Balaban J connectivity index is 2.03. The lowest BCUT2D eigenvalue weighted by molar-refractivity contribution is 0.0594. The van der Waals surface area contributed by atoms with Crippen molar-refractivity contribution in [3.63, 3.8) is 0 Å². The number of anilines is 1. The third kappa shape index (κ3) is 3.01. The van der Waals surface area contributed by atoms with Gasteiger partial charge in [-0.1, -0.05) is 0 Å². The lowest BCUT2D eigenvalue weighted by atomic mass is 10.3. The van der Waals surface area contributed by atoms with Gasteiger partial charge < -0.3 is 10.1 Å². The lowest BCUT2D eigenvalue weighted by Gasteiger charge is -2.05. The Labute approximate surface area is 102 Å². The molecule has 0 saturated carbocycles. The van der Waals surface area contributed by atoms with E-state index in [0.717, 1.165) is 11.4 Å². The van der Waals surface area contributed by atoms with Crippen molar-refractivity contribution < 1.29 is 9.53 Å². The van der Waals surface area contributed by atoms with Crippen LogP contribution in [0.15, 0.2) is 29.2 Å². The summed E-state index contributed by atoms with van der Waals surface area (Å²) < 4.78 is 4.60. The minimum absolute atomic E-state index is 0.288. The van der Waals surface area contributed by atoms with Gasteiger partial charge in [-0.25, -0.2) is 14.8 Å². The van der Waals surface area contributed by atoms with E-state index in [1.165, 1.54) is 7.11 Å². The standard InChI is InChI=1S/C11H11N3O2S/c1-16-11(15)10-4-8(2-3-12-10)13-5-9-6-17-7-14-9/h2-4,6-7H,5H2,1H3,(H,12,13). The molecule has 0 spiro atoms. The van der Waals surface area contributed by atoms with Gasteiger partial charge in [0.1, 0.15) is 5.69 Å². The van der Waals surface area contributed by atoms with Gasteiger partial charge in [0.2, 0.25) is 0 Å². The summed E-state index contributed by atoms with van der Waals surface area (Å²) in [5.41, 5.74) is 3.85. The van der Waals surface area contributed by atoms with E-state index in [9.17, 15) is 4.79 Å². The number of ether oxygens (including phenoxy) is 1. The monoisotopic (exact) mass is 249 g/mol. The van der Waals surface area contributed by atoms with E-state index in [1.807, 2.05) is 5.38 Å². The van der Waals surface area contributed by atoms with Crippen LogP contribution in [0.5, 0.6) is 0 Å². The molecule has 0 bridgehead atoms. The number of aromatic nitrogens is 2. The molecule has 17 heavy (non-hydrogen) atoms. The molecule has 0 radical (unpaired) electrons. The fraction of sp³-hybridized carbons (Fsp3) is 0.182. The smallest absolute Gasteiger partial charge is 0.356 e. The maximum atomic E-state index is 11.3. The van der Waals surface area contributed by atoms with E-state index in [0.29, 0.717) is 6.54 Å². The van der Waals surface area contributed by atoms with Crippen molar-refractivity contribution in [2.45, 2.75) is 6.54 Å². The van der Waals surface area contributed by atoms with Crippen LogP contribution in [0.2, 0.25) is 0 Å². The Morgan fingerprint density at radius 1 is 1.53 bits per heavy atom. The second-order valence-electron chi connectivity index (χ2n) is 3.25. The van der Waals surface area contributed by atoms with E-state index in [4.69, 9.17) is 0 Å². The summed E-state index contributed by atoms with van der Waals surface area (Å²) in [5, 5.41) is 5.13. The molecule has 0 saturated heterocycles. The highest BCUT2D eigenvalue weighted by atomic mass is 32.1. The van der Waals surface area contributed by atoms with Crippen molar-refractivity contribution in [2.24, 2.45) is 0 Å². The Kier molecular flexibility index (Phi) is 3.66. The fourth-order valence-electron chi connectivity index (χ4n) is 1.27.